The van der Waals surface area contributed by atoms with Crippen LogP contribution in [-0.4, -0.2) is 11.9 Å². The number of rotatable bonds is 5. The average molecular weight is 220 g/mol. The number of nitrogens with two attached hydrogens (primary N) is 1. The molecule has 0 saturated carbocycles. The molecule has 0 aliphatic carbocycles. The van der Waals surface area contributed by atoms with Crippen LogP contribution in [0.1, 0.15) is 30.0 Å². The van der Waals surface area contributed by atoms with Crippen molar-refractivity contribution in [2.45, 2.75) is 39.8 Å². The highest BCUT2D eigenvalue weighted by Gasteiger charge is 2.06. The van der Waals surface area contributed by atoms with Gasteiger partial charge in [0.1, 0.15) is 0 Å². The summed E-state index contributed by atoms with van der Waals surface area (Å²) in [6, 6.07) is 6.38. The molecule has 0 heterocycles. The predicted molar refractivity (Wildman–Crippen MR) is 66.0 cm³/mol. The smallest absolute Gasteiger partial charge is 0.218 e. The first-order chi connectivity index (χ1) is 7.50. The fourth-order valence-electron chi connectivity index (χ4n) is 1.66. The molecule has 1 atom stereocenters. The first-order valence-corrected chi connectivity index (χ1v) is 5.57. The number of primary amides is 1. The van der Waals surface area contributed by atoms with Gasteiger partial charge in [0.2, 0.25) is 5.91 Å². The molecular formula is C13H20N2O. The zero-order chi connectivity index (χ0) is 12.1. The molecule has 1 rings (SSSR count). The molecule has 0 aromatic heterocycles. The standard InChI is InChI=1S/C13H20N2O/c1-9-5-4-6-12(11(9)3)8-15-10(2)7-13(14)16/h4-6,10,15H,7-8H2,1-3H3,(H2,14,16). The monoisotopic (exact) mass is 220 g/mol. The molecule has 1 unspecified atom stereocenters. The Labute approximate surface area is 97.0 Å². The lowest BCUT2D eigenvalue weighted by atomic mass is 10.0. The molecule has 1 amide bonds. The second-order valence-corrected chi connectivity index (χ2v) is 4.31. The molecule has 0 saturated heterocycles. The van der Waals surface area contributed by atoms with E-state index in [-0.39, 0.29) is 11.9 Å². The number of benzene rings is 1. The van der Waals surface area contributed by atoms with Gasteiger partial charge in [-0.1, -0.05) is 18.2 Å². The summed E-state index contributed by atoms with van der Waals surface area (Å²) in [6.45, 7) is 6.97. The lowest BCUT2D eigenvalue weighted by Crippen LogP contribution is -2.30. The Hall–Kier alpha value is -1.35. The second kappa shape index (κ2) is 5.66. The van der Waals surface area contributed by atoms with E-state index in [2.05, 4.69) is 37.4 Å². The van der Waals surface area contributed by atoms with Gasteiger partial charge in [0.15, 0.2) is 0 Å². The molecule has 0 bridgehead atoms. The van der Waals surface area contributed by atoms with Gasteiger partial charge >= 0.3 is 0 Å². The molecule has 1 aromatic rings. The van der Waals surface area contributed by atoms with Crippen molar-refractivity contribution in [2.24, 2.45) is 5.73 Å². The first kappa shape index (κ1) is 12.7. The maximum Gasteiger partial charge on any atom is 0.218 e. The van der Waals surface area contributed by atoms with Crippen LogP contribution in [0.5, 0.6) is 0 Å². The number of carbonyl (C=O) groups is 1. The molecule has 3 heteroatoms. The molecule has 1 aromatic carbocycles. The summed E-state index contributed by atoms with van der Waals surface area (Å²) in [7, 11) is 0. The van der Waals surface area contributed by atoms with E-state index in [1.807, 2.05) is 6.92 Å². The quantitative estimate of drug-likeness (QED) is 0.793. The normalized spacial score (nSPS) is 12.4. The summed E-state index contributed by atoms with van der Waals surface area (Å²) in [6.07, 6.45) is 0.380. The van der Waals surface area contributed by atoms with Gasteiger partial charge in [0.25, 0.3) is 0 Å². The van der Waals surface area contributed by atoms with Crippen molar-refractivity contribution in [3.8, 4) is 0 Å². The van der Waals surface area contributed by atoms with Crippen LogP contribution in [0.25, 0.3) is 0 Å². The SMILES string of the molecule is Cc1cccc(CNC(C)CC(N)=O)c1C. The average Bonchev–Trinajstić information content (AvgIpc) is 2.19. The van der Waals surface area contributed by atoms with Crippen LogP contribution in [0.2, 0.25) is 0 Å². The minimum absolute atomic E-state index is 0.123. The van der Waals surface area contributed by atoms with Gasteiger partial charge in [-0.2, -0.15) is 0 Å². The molecule has 0 aliphatic heterocycles. The molecule has 16 heavy (non-hydrogen) atoms. The maximum atomic E-state index is 10.7. The van der Waals surface area contributed by atoms with Gasteiger partial charge in [-0.25, -0.2) is 0 Å². The Morgan fingerprint density at radius 3 is 2.75 bits per heavy atom. The van der Waals surface area contributed by atoms with Crippen LogP contribution in [0.4, 0.5) is 0 Å². The summed E-state index contributed by atoms with van der Waals surface area (Å²) in [4.78, 5) is 10.7. The molecule has 3 nitrogen and oxygen atoms in total. The zero-order valence-electron chi connectivity index (χ0n) is 10.2. The van der Waals surface area contributed by atoms with Gasteiger partial charge in [-0.05, 0) is 37.5 Å². The predicted octanol–water partition coefficient (Wildman–Crippen LogP) is 1.66. The van der Waals surface area contributed by atoms with Crippen LogP contribution in [0.3, 0.4) is 0 Å². The van der Waals surface area contributed by atoms with E-state index in [4.69, 9.17) is 5.73 Å². The molecule has 0 aliphatic rings. The van der Waals surface area contributed by atoms with Crippen LogP contribution >= 0.6 is 0 Å². The molecule has 3 N–H and O–H groups in total. The third-order valence-corrected chi connectivity index (χ3v) is 2.87. The van der Waals surface area contributed by atoms with Crippen molar-refractivity contribution >= 4 is 5.91 Å². The fraction of sp³-hybridized carbons (Fsp3) is 0.462. The number of aryl methyl sites for hydroxylation is 1. The van der Waals surface area contributed by atoms with Crippen molar-refractivity contribution in [3.63, 3.8) is 0 Å². The number of nitrogens with one attached hydrogen (secondary N) is 1. The molecule has 88 valence electrons. The Morgan fingerprint density at radius 1 is 1.44 bits per heavy atom. The summed E-state index contributed by atoms with van der Waals surface area (Å²) < 4.78 is 0. The van der Waals surface area contributed by atoms with Crippen LogP contribution in [0, 0.1) is 13.8 Å². The maximum absolute atomic E-state index is 10.7. The second-order valence-electron chi connectivity index (χ2n) is 4.31. The van der Waals surface area contributed by atoms with E-state index in [0.29, 0.717) is 6.42 Å². The molecule has 0 radical (unpaired) electrons. The number of amides is 1. The molecular weight excluding hydrogens is 200 g/mol. The topological polar surface area (TPSA) is 55.1 Å². The van der Waals surface area contributed by atoms with Gasteiger partial charge < -0.3 is 11.1 Å². The Kier molecular flexibility index (Phi) is 4.50. The van der Waals surface area contributed by atoms with Gasteiger partial charge in [-0.15, -0.1) is 0 Å². The highest BCUT2D eigenvalue weighted by molar-refractivity contribution is 5.74. The number of hydrogen-bond acceptors (Lipinski definition) is 2. The van der Waals surface area contributed by atoms with Crippen molar-refractivity contribution in [1.29, 1.82) is 0 Å². The van der Waals surface area contributed by atoms with Crippen LogP contribution < -0.4 is 11.1 Å². The number of carbonyl (C=O) groups excluding carboxylic acids is 1. The summed E-state index contributed by atoms with van der Waals surface area (Å²) in [5.74, 6) is -0.263. The van der Waals surface area contributed by atoms with Gasteiger partial charge in [-0.3, -0.25) is 4.79 Å². The third kappa shape index (κ3) is 3.66. The zero-order valence-corrected chi connectivity index (χ0v) is 10.2. The van der Waals surface area contributed by atoms with E-state index in [9.17, 15) is 4.79 Å². The Bertz CT molecular complexity index is 374. The minimum Gasteiger partial charge on any atom is -0.370 e. The number of hydrogen-bond donors (Lipinski definition) is 2. The third-order valence-electron chi connectivity index (χ3n) is 2.87. The van der Waals surface area contributed by atoms with Gasteiger partial charge in [0, 0.05) is 19.0 Å². The van der Waals surface area contributed by atoms with Crippen molar-refractivity contribution < 1.29 is 4.79 Å². The highest BCUT2D eigenvalue weighted by Crippen LogP contribution is 2.12. The van der Waals surface area contributed by atoms with Crippen LogP contribution in [-0.2, 0) is 11.3 Å². The lowest BCUT2D eigenvalue weighted by molar-refractivity contribution is -0.118. The van der Waals surface area contributed by atoms with E-state index >= 15 is 0 Å². The first-order valence-electron chi connectivity index (χ1n) is 5.57. The minimum atomic E-state index is -0.263. The fourth-order valence-corrected chi connectivity index (χ4v) is 1.66. The Balaban J connectivity index is 2.54. The van der Waals surface area contributed by atoms with Gasteiger partial charge in [0.05, 0.1) is 0 Å². The van der Waals surface area contributed by atoms with Crippen LogP contribution in [0.15, 0.2) is 18.2 Å². The largest absolute Gasteiger partial charge is 0.370 e. The molecule has 0 fully saturated rings. The van der Waals surface area contributed by atoms with Crippen molar-refractivity contribution in [1.82, 2.24) is 5.32 Å². The Morgan fingerprint density at radius 2 is 2.12 bits per heavy atom. The summed E-state index contributed by atoms with van der Waals surface area (Å²) in [5.41, 5.74) is 9.01. The van der Waals surface area contributed by atoms with E-state index in [0.717, 1.165) is 6.54 Å². The summed E-state index contributed by atoms with van der Waals surface area (Å²) >= 11 is 0. The highest BCUT2D eigenvalue weighted by atomic mass is 16.1. The van der Waals surface area contributed by atoms with Crippen molar-refractivity contribution in [3.05, 3.63) is 34.9 Å². The molecule has 0 spiro atoms. The summed E-state index contributed by atoms with van der Waals surface area (Å²) in [5, 5.41) is 3.30. The van der Waals surface area contributed by atoms with Crippen molar-refractivity contribution in [2.75, 3.05) is 0 Å². The lowest BCUT2D eigenvalue weighted by Gasteiger charge is -2.14. The van der Waals surface area contributed by atoms with E-state index in [1.54, 1.807) is 0 Å². The van der Waals surface area contributed by atoms with E-state index < -0.39 is 0 Å². The van der Waals surface area contributed by atoms with E-state index in [1.165, 1.54) is 16.7 Å².